The Morgan fingerprint density at radius 3 is 2.47 bits per heavy atom. The fourth-order valence-corrected chi connectivity index (χ4v) is 6.26. The Kier molecular flexibility index (Phi) is 7.26. The van der Waals surface area contributed by atoms with Crippen molar-refractivity contribution in [1.29, 1.82) is 0 Å². The summed E-state index contributed by atoms with van der Waals surface area (Å²) >= 11 is 8.80. The number of anilines is 1. The number of esters is 2. The van der Waals surface area contributed by atoms with E-state index >= 15 is 0 Å². The molecule has 0 saturated carbocycles. The van der Waals surface area contributed by atoms with E-state index in [1.165, 1.54) is 23.5 Å². The zero-order valence-corrected chi connectivity index (χ0v) is 19.7. The van der Waals surface area contributed by atoms with Crippen LogP contribution < -0.4 is 5.01 Å². The molecule has 10 heteroatoms. The van der Waals surface area contributed by atoms with Crippen LogP contribution in [0.15, 0.2) is 40.0 Å². The Balaban J connectivity index is 2.07. The minimum atomic E-state index is -0.903. The van der Waals surface area contributed by atoms with Gasteiger partial charge in [-0.15, -0.1) is 0 Å². The van der Waals surface area contributed by atoms with Crippen LogP contribution in [-0.4, -0.2) is 46.5 Å². The van der Waals surface area contributed by atoms with Crippen molar-refractivity contribution in [2.45, 2.75) is 37.9 Å². The summed E-state index contributed by atoms with van der Waals surface area (Å²) in [5.74, 6) is -0.868. The number of ether oxygens (including phenoxy) is 2. The number of allylic oxidation sites excluding steroid dienone is 1. The van der Waals surface area contributed by atoms with Crippen LogP contribution in [0.3, 0.4) is 0 Å². The third-order valence-corrected chi connectivity index (χ3v) is 7.67. The van der Waals surface area contributed by atoms with Gasteiger partial charge in [-0.1, -0.05) is 42.8 Å². The molecular weight excluding hydrogens is 446 g/mol. The summed E-state index contributed by atoms with van der Waals surface area (Å²) < 4.78 is 9.58. The molecule has 0 aromatic heterocycles. The number of hydrogen-bond acceptors (Lipinski definition) is 9. The molecule has 0 N–H and O–H groups in total. The molecule has 1 aromatic carbocycles. The van der Waals surface area contributed by atoms with Crippen molar-refractivity contribution in [1.82, 2.24) is 4.90 Å². The third kappa shape index (κ3) is 4.15. The summed E-state index contributed by atoms with van der Waals surface area (Å²) in [4.78, 5) is 27.8. The molecule has 0 fully saturated rings. The first-order valence-corrected chi connectivity index (χ1v) is 11.7. The maximum atomic E-state index is 12.7. The average Bonchev–Trinajstić information content (AvgIpc) is 3.23. The highest BCUT2D eigenvalue weighted by Gasteiger charge is 2.57. The Morgan fingerprint density at radius 1 is 1.13 bits per heavy atom. The van der Waals surface area contributed by atoms with Gasteiger partial charge in [-0.3, -0.25) is 0 Å². The van der Waals surface area contributed by atoms with Crippen LogP contribution in [0.5, 0.6) is 0 Å². The molecular formula is C20H24ClN3O4S2. The molecule has 3 rings (SSSR count). The average molecular weight is 470 g/mol. The molecule has 1 aromatic rings. The van der Waals surface area contributed by atoms with Crippen LogP contribution in [0, 0.1) is 0 Å². The lowest BCUT2D eigenvalue weighted by molar-refractivity contribution is -0.137. The molecule has 1 atom stereocenters. The summed E-state index contributed by atoms with van der Waals surface area (Å²) in [7, 11) is 1.90. The van der Waals surface area contributed by atoms with Crippen LogP contribution in [0.4, 0.5) is 5.69 Å². The molecule has 0 amide bonds. The minimum Gasteiger partial charge on any atom is -0.462 e. The number of carbonyl (C=O) groups is 2. The van der Waals surface area contributed by atoms with Gasteiger partial charge in [0, 0.05) is 17.8 Å². The number of thioether (sulfide) groups is 2. The molecule has 2 aliphatic rings. The Bertz CT molecular complexity index is 908. The van der Waals surface area contributed by atoms with Crippen LogP contribution in [0.1, 0.15) is 33.6 Å². The molecule has 0 radical (unpaired) electrons. The van der Waals surface area contributed by atoms with Gasteiger partial charge in [-0.2, -0.15) is 5.10 Å². The normalized spacial score (nSPS) is 20.8. The van der Waals surface area contributed by atoms with E-state index in [0.717, 1.165) is 12.1 Å². The monoisotopic (exact) mass is 469 g/mol. The highest BCUT2D eigenvalue weighted by molar-refractivity contribution is 8.28. The zero-order valence-electron chi connectivity index (χ0n) is 17.3. The van der Waals surface area contributed by atoms with E-state index in [9.17, 15) is 9.59 Å². The number of hydrazone groups is 1. The summed E-state index contributed by atoms with van der Waals surface area (Å²) in [6, 6.07) is 7.23. The fourth-order valence-electron chi connectivity index (χ4n) is 3.18. The first-order valence-electron chi connectivity index (χ1n) is 9.71. The number of rotatable bonds is 7. The molecule has 0 aliphatic carbocycles. The van der Waals surface area contributed by atoms with Gasteiger partial charge in [-0.25, -0.2) is 14.6 Å². The van der Waals surface area contributed by atoms with Crippen LogP contribution in [-0.2, 0) is 19.1 Å². The first kappa shape index (κ1) is 22.8. The first-order chi connectivity index (χ1) is 14.4. The zero-order chi connectivity index (χ0) is 21.9. The minimum absolute atomic E-state index is 0.220. The highest BCUT2D eigenvalue weighted by Crippen LogP contribution is 2.59. The summed E-state index contributed by atoms with van der Waals surface area (Å²) in [5.41, 5.74) is 1.57. The standard InChI is InChI=1S/C20H24ClN3O4S2/c1-5-9-15-16(18(25)27-6-2)29-20(23(15)4)24(14-11-8-10-13(21)12-14)22-17(30-20)19(26)28-7-3/h8,10-12H,5-7,9H2,1-4H3/t20-/m1/s1. The van der Waals surface area contributed by atoms with E-state index in [0.29, 0.717) is 22.0 Å². The topological polar surface area (TPSA) is 71.4 Å². The van der Waals surface area contributed by atoms with Crippen molar-refractivity contribution < 1.29 is 19.1 Å². The number of benzene rings is 1. The molecule has 2 aliphatic heterocycles. The summed E-state index contributed by atoms with van der Waals surface area (Å²) in [6.07, 6.45) is 1.55. The van der Waals surface area contributed by atoms with Gasteiger partial charge in [0.15, 0.2) is 0 Å². The second-order valence-corrected chi connectivity index (χ2v) is 9.51. The Morgan fingerprint density at radius 2 is 1.83 bits per heavy atom. The molecule has 0 saturated heterocycles. The molecule has 0 unspecified atom stereocenters. The fraction of sp³-hybridized carbons (Fsp3) is 0.450. The van der Waals surface area contributed by atoms with Crippen molar-refractivity contribution in [2.24, 2.45) is 5.10 Å². The van der Waals surface area contributed by atoms with E-state index in [1.807, 2.05) is 24.1 Å². The van der Waals surface area contributed by atoms with Crippen molar-refractivity contribution in [3.63, 3.8) is 0 Å². The number of hydrogen-bond donors (Lipinski definition) is 0. The molecule has 30 heavy (non-hydrogen) atoms. The van der Waals surface area contributed by atoms with Crippen molar-refractivity contribution >= 4 is 57.8 Å². The lowest BCUT2D eigenvalue weighted by Crippen LogP contribution is -2.47. The molecule has 162 valence electrons. The smallest absolute Gasteiger partial charge is 0.365 e. The van der Waals surface area contributed by atoms with Gasteiger partial charge in [0.1, 0.15) is 4.91 Å². The maximum Gasteiger partial charge on any atom is 0.365 e. The summed E-state index contributed by atoms with van der Waals surface area (Å²) in [6.45, 7) is 6.12. The van der Waals surface area contributed by atoms with Gasteiger partial charge < -0.3 is 14.4 Å². The Hall–Kier alpha value is -1.84. The lowest BCUT2D eigenvalue weighted by Gasteiger charge is -2.39. The van der Waals surface area contributed by atoms with E-state index in [4.69, 9.17) is 21.1 Å². The predicted octanol–water partition coefficient (Wildman–Crippen LogP) is 4.63. The van der Waals surface area contributed by atoms with Gasteiger partial charge in [0.2, 0.25) is 9.37 Å². The van der Waals surface area contributed by atoms with Gasteiger partial charge in [0.25, 0.3) is 0 Å². The van der Waals surface area contributed by atoms with E-state index in [2.05, 4.69) is 12.0 Å². The van der Waals surface area contributed by atoms with Gasteiger partial charge >= 0.3 is 11.9 Å². The van der Waals surface area contributed by atoms with Crippen LogP contribution >= 0.6 is 35.1 Å². The third-order valence-electron chi connectivity index (χ3n) is 4.46. The lowest BCUT2D eigenvalue weighted by atomic mass is 10.2. The van der Waals surface area contributed by atoms with Crippen molar-refractivity contribution in [3.8, 4) is 0 Å². The van der Waals surface area contributed by atoms with E-state index < -0.39 is 10.3 Å². The highest BCUT2D eigenvalue weighted by atomic mass is 35.5. The van der Waals surface area contributed by atoms with E-state index in [1.54, 1.807) is 31.0 Å². The van der Waals surface area contributed by atoms with Crippen molar-refractivity contribution in [3.05, 3.63) is 39.9 Å². The Labute approximate surface area is 189 Å². The largest absolute Gasteiger partial charge is 0.462 e. The second-order valence-electron chi connectivity index (χ2n) is 6.48. The molecule has 2 heterocycles. The van der Waals surface area contributed by atoms with Crippen LogP contribution in [0.25, 0.3) is 0 Å². The quantitative estimate of drug-likeness (QED) is 0.535. The number of nitrogens with zero attached hydrogens (tertiary/aromatic N) is 3. The maximum absolute atomic E-state index is 12.7. The second kappa shape index (κ2) is 9.53. The molecule has 1 spiro atoms. The van der Waals surface area contributed by atoms with Crippen molar-refractivity contribution in [2.75, 3.05) is 25.3 Å². The van der Waals surface area contributed by atoms with E-state index in [-0.39, 0.29) is 24.2 Å². The predicted molar refractivity (Wildman–Crippen MR) is 122 cm³/mol. The molecule has 7 nitrogen and oxygen atoms in total. The van der Waals surface area contributed by atoms with Gasteiger partial charge in [0.05, 0.1) is 18.9 Å². The van der Waals surface area contributed by atoms with Gasteiger partial charge in [-0.05, 0) is 50.2 Å². The molecule has 0 bridgehead atoms. The SMILES string of the molecule is CCCC1=C(C(=O)OCC)S[C@@]2(SC(C(=O)OCC)=NN2c2cccc(Cl)c2)N1C. The van der Waals surface area contributed by atoms with Crippen LogP contribution in [0.2, 0.25) is 5.02 Å². The number of carbonyl (C=O) groups excluding carboxylic acids is 2. The number of halogens is 1. The summed E-state index contributed by atoms with van der Waals surface area (Å²) in [5, 5.41) is 7.07.